The number of rotatable bonds is 4. The molecule has 1 aliphatic rings. The van der Waals surface area contributed by atoms with Crippen LogP contribution >= 0.6 is 0 Å². The summed E-state index contributed by atoms with van der Waals surface area (Å²) in [7, 11) is 0. The zero-order valence-corrected chi connectivity index (χ0v) is 19.0. The average molecular weight is 375 g/mol. The smallest absolute Gasteiger partial charge is 0.0765 e. The molecule has 0 saturated heterocycles. The fourth-order valence-corrected chi connectivity index (χ4v) is 5.00. The maximum atomic E-state index is 5.09. The number of hydrogen-bond acceptors (Lipinski definition) is 1. The van der Waals surface area contributed by atoms with Gasteiger partial charge in [0.25, 0.3) is 0 Å². The molecule has 2 aromatic rings. The van der Waals surface area contributed by atoms with Gasteiger partial charge in [0.15, 0.2) is 0 Å². The fourth-order valence-electron chi connectivity index (χ4n) is 5.00. The Balaban J connectivity index is 2.46. The van der Waals surface area contributed by atoms with Crippen LogP contribution in [-0.4, -0.2) is 10.7 Å². The number of allylic oxidation sites excluding steroid dienone is 2. The van der Waals surface area contributed by atoms with E-state index in [9.17, 15) is 0 Å². The van der Waals surface area contributed by atoms with E-state index in [4.69, 9.17) is 4.99 Å². The predicted octanol–water partition coefficient (Wildman–Crippen LogP) is 7.08. The van der Waals surface area contributed by atoms with Gasteiger partial charge in [0.1, 0.15) is 0 Å². The highest BCUT2D eigenvalue weighted by Gasteiger charge is 2.26. The molecule has 0 atom stereocenters. The number of aliphatic imine (C=N–C) groups is 1. The lowest BCUT2D eigenvalue weighted by Gasteiger charge is -2.18. The van der Waals surface area contributed by atoms with E-state index in [-0.39, 0.29) is 0 Å². The zero-order valence-electron chi connectivity index (χ0n) is 19.0. The minimum atomic E-state index is 1.02. The minimum absolute atomic E-state index is 1.02. The summed E-state index contributed by atoms with van der Waals surface area (Å²) >= 11 is 0. The molecule has 0 spiro atoms. The highest BCUT2D eigenvalue weighted by molar-refractivity contribution is 6.05. The molecule has 2 nitrogen and oxygen atoms in total. The van der Waals surface area contributed by atoms with Gasteiger partial charge in [-0.05, 0) is 100 Å². The van der Waals surface area contributed by atoms with E-state index >= 15 is 0 Å². The van der Waals surface area contributed by atoms with Crippen molar-refractivity contribution in [1.29, 1.82) is 0 Å². The topological polar surface area (TPSA) is 28.1 Å². The molecular weight excluding hydrogens is 340 g/mol. The van der Waals surface area contributed by atoms with Crippen LogP contribution in [0.4, 0.5) is 0 Å². The molecule has 0 fully saturated rings. The zero-order chi connectivity index (χ0) is 20.7. The molecule has 2 heterocycles. The van der Waals surface area contributed by atoms with Crippen LogP contribution in [0.5, 0.6) is 0 Å². The molecule has 0 bridgehead atoms. The van der Waals surface area contributed by atoms with Crippen LogP contribution in [0.1, 0.15) is 78.9 Å². The second-order valence-corrected chi connectivity index (χ2v) is 8.23. The van der Waals surface area contributed by atoms with E-state index in [0.29, 0.717) is 0 Å². The fraction of sp³-hybridized carbons (Fsp3) is 0.423. The lowest BCUT2D eigenvalue weighted by atomic mass is 9.87. The van der Waals surface area contributed by atoms with Gasteiger partial charge >= 0.3 is 0 Å². The number of H-pyrrole nitrogens is 1. The number of aromatic amines is 1. The first kappa shape index (κ1) is 20.4. The third kappa shape index (κ3) is 3.19. The van der Waals surface area contributed by atoms with Crippen LogP contribution in [0.15, 0.2) is 34.0 Å². The Morgan fingerprint density at radius 1 is 0.893 bits per heavy atom. The summed E-state index contributed by atoms with van der Waals surface area (Å²) in [6.45, 7) is 19.9. The lowest BCUT2D eigenvalue weighted by Crippen LogP contribution is -2.02. The van der Waals surface area contributed by atoms with Gasteiger partial charge in [0.05, 0.1) is 11.4 Å². The predicted molar refractivity (Wildman–Crippen MR) is 122 cm³/mol. The Hall–Kier alpha value is -2.35. The number of nitrogens with one attached hydrogen (secondary N) is 1. The molecule has 1 aromatic heterocycles. The molecule has 1 N–H and O–H groups in total. The molecule has 148 valence electrons. The summed E-state index contributed by atoms with van der Waals surface area (Å²) in [6.07, 6.45) is 2.06. The Bertz CT molecular complexity index is 1020. The van der Waals surface area contributed by atoms with E-state index in [2.05, 4.69) is 79.4 Å². The van der Waals surface area contributed by atoms with Gasteiger partial charge in [0, 0.05) is 17.0 Å². The Morgan fingerprint density at radius 3 is 1.96 bits per heavy atom. The summed E-state index contributed by atoms with van der Waals surface area (Å²) < 4.78 is 0. The molecule has 28 heavy (non-hydrogen) atoms. The Morgan fingerprint density at radius 2 is 1.50 bits per heavy atom. The number of benzene rings is 1. The maximum Gasteiger partial charge on any atom is 0.0765 e. The third-order valence-corrected chi connectivity index (χ3v) is 6.24. The summed E-state index contributed by atoms with van der Waals surface area (Å²) in [5.74, 6) is 0. The summed E-state index contributed by atoms with van der Waals surface area (Å²) in [6, 6.07) is 4.58. The molecule has 2 heteroatoms. The quantitative estimate of drug-likeness (QED) is 0.592. The van der Waals surface area contributed by atoms with Crippen molar-refractivity contribution < 1.29 is 0 Å². The molecule has 0 radical (unpaired) electrons. The molecule has 1 aromatic carbocycles. The third-order valence-electron chi connectivity index (χ3n) is 6.24. The van der Waals surface area contributed by atoms with Crippen LogP contribution in [0.25, 0.3) is 5.57 Å². The van der Waals surface area contributed by atoms with Gasteiger partial charge in [-0.3, -0.25) is 4.99 Å². The second kappa shape index (κ2) is 7.58. The second-order valence-electron chi connectivity index (χ2n) is 8.23. The van der Waals surface area contributed by atoms with Gasteiger partial charge in [-0.2, -0.15) is 0 Å². The first-order valence-corrected chi connectivity index (χ1v) is 10.5. The number of aryl methyl sites for hydroxylation is 4. The number of hydrogen-bond donors (Lipinski definition) is 1. The van der Waals surface area contributed by atoms with Crippen molar-refractivity contribution >= 4 is 11.3 Å². The molecule has 0 aliphatic carbocycles. The standard InChI is InChI=1S/C26H34N2/c1-10-21-17(6)25(27-19(21)8)24(23-15(4)12-14(3)13-16(23)5)26-18(7)22(11-2)20(9)28-26/h12-13,27H,10-11H2,1-9H3/b26-24-. The number of aromatic nitrogens is 1. The van der Waals surface area contributed by atoms with Gasteiger partial charge in [0.2, 0.25) is 0 Å². The Kier molecular flexibility index (Phi) is 5.52. The first-order valence-electron chi connectivity index (χ1n) is 10.5. The van der Waals surface area contributed by atoms with Gasteiger partial charge in [-0.1, -0.05) is 31.5 Å². The SMILES string of the molecule is CCC1=C(C)/C(=C(/c2[nH]c(C)c(CC)c2C)c2c(C)cc(C)cc2C)N=C1C. The van der Waals surface area contributed by atoms with E-state index in [1.54, 1.807) is 0 Å². The largest absolute Gasteiger partial charge is 0.358 e. The van der Waals surface area contributed by atoms with Crippen LogP contribution in [0.2, 0.25) is 0 Å². The van der Waals surface area contributed by atoms with Crippen LogP contribution in [0.3, 0.4) is 0 Å². The first-order chi connectivity index (χ1) is 13.2. The molecule has 3 rings (SSSR count). The molecular formula is C26H34N2. The van der Waals surface area contributed by atoms with E-state index in [1.807, 2.05) is 0 Å². The van der Waals surface area contributed by atoms with E-state index in [0.717, 1.165) is 24.3 Å². The summed E-state index contributed by atoms with van der Waals surface area (Å²) in [5.41, 5.74) is 16.8. The van der Waals surface area contributed by atoms with Crippen molar-refractivity contribution in [1.82, 2.24) is 4.98 Å². The van der Waals surface area contributed by atoms with Crippen molar-refractivity contribution in [3.63, 3.8) is 0 Å². The van der Waals surface area contributed by atoms with Gasteiger partial charge in [-0.15, -0.1) is 0 Å². The molecule has 0 unspecified atom stereocenters. The van der Waals surface area contributed by atoms with Crippen molar-refractivity contribution in [2.75, 3.05) is 0 Å². The van der Waals surface area contributed by atoms with Crippen LogP contribution < -0.4 is 0 Å². The Labute approximate surface area is 170 Å². The van der Waals surface area contributed by atoms with Crippen LogP contribution in [-0.2, 0) is 6.42 Å². The molecule has 0 saturated carbocycles. The van der Waals surface area contributed by atoms with E-state index in [1.165, 1.54) is 61.5 Å². The normalized spacial score (nSPS) is 16.1. The van der Waals surface area contributed by atoms with Crippen LogP contribution in [0, 0.1) is 34.6 Å². The maximum absolute atomic E-state index is 5.09. The van der Waals surface area contributed by atoms with Crippen molar-refractivity contribution in [3.05, 3.63) is 73.7 Å². The summed E-state index contributed by atoms with van der Waals surface area (Å²) in [4.78, 5) is 8.81. The van der Waals surface area contributed by atoms with E-state index < -0.39 is 0 Å². The lowest BCUT2D eigenvalue weighted by molar-refractivity contribution is 1.08. The van der Waals surface area contributed by atoms with Crippen molar-refractivity contribution in [2.24, 2.45) is 4.99 Å². The summed E-state index contributed by atoms with van der Waals surface area (Å²) in [5, 5.41) is 0. The van der Waals surface area contributed by atoms with Gasteiger partial charge in [-0.25, -0.2) is 0 Å². The average Bonchev–Trinajstić information content (AvgIpc) is 3.05. The van der Waals surface area contributed by atoms with Crippen molar-refractivity contribution in [3.8, 4) is 0 Å². The number of nitrogens with zero attached hydrogens (tertiary/aromatic N) is 1. The monoisotopic (exact) mass is 374 g/mol. The minimum Gasteiger partial charge on any atom is -0.358 e. The molecule has 0 amide bonds. The van der Waals surface area contributed by atoms with Crippen molar-refractivity contribution in [2.45, 2.75) is 75.2 Å². The van der Waals surface area contributed by atoms with Gasteiger partial charge < -0.3 is 4.98 Å². The molecule has 1 aliphatic heterocycles. The highest BCUT2D eigenvalue weighted by atomic mass is 14.8. The highest BCUT2D eigenvalue weighted by Crippen LogP contribution is 2.41.